The zero-order valence-electron chi connectivity index (χ0n) is 17.8. The number of amides is 1. The third-order valence-electron chi connectivity index (χ3n) is 6.53. The van der Waals surface area contributed by atoms with Crippen LogP contribution in [-0.2, 0) is 11.3 Å². The van der Waals surface area contributed by atoms with Crippen LogP contribution >= 0.6 is 0 Å². The molecule has 2 aliphatic rings. The molecule has 0 unspecified atom stereocenters. The largest absolute Gasteiger partial charge is 0.492 e. The first-order valence-electron chi connectivity index (χ1n) is 11.4. The molecule has 3 aromatic rings. The average Bonchev–Trinajstić information content (AvgIpc) is 3.48. The van der Waals surface area contributed by atoms with Crippen LogP contribution in [0.4, 0.5) is 0 Å². The second-order valence-corrected chi connectivity index (χ2v) is 8.60. The molecule has 7 nitrogen and oxygen atoms in total. The minimum absolute atomic E-state index is 0.203. The van der Waals surface area contributed by atoms with E-state index in [4.69, 9.17) is 9.84 Å². The highest BCUT2D eigenvalue weighted by Gasteiger charge is 2.33. The van der Waals surface area contributed by atoms with Crippen molar-refractivity contribution in [1.29, 1.82) is 0 Å². The Kier molecular flexibility index (Phi) is 5.82. The molecule has 1 aromatic carbocycles. The molecule has 0 spiro atoms. The van der Waals surface area contributed by atoms with E-state index >= 15 is 0 Å². The summed E-state index contributed by atoms with van der Waals surface area (Å²) in [5.41, 5.74) is 2.60. The Balaban J connectivity index is 1.32. The summed E-state index contributed by atoms with van der Waals surface area (Å²) in [6, 6.07) is 9.79. The lowest BCUT2D eigenvalue weighted by atomic mass is 9.93. The highest BCUT2D eigenvalue weighted by Crippen LogP contribution is 2.33. The summed E-state index contributed by atoms with van der Waals surface area (Å²) in [5, 5.41) is 4.91. The highest BCUT2D eigenvalue weighted by molar-refractivity contribution is 5.79. The Morgan fingerprint density at radius 3 is 2.68 bits per heavy atom. The molecule has 1 aliphatic carbocycles. The number of likely N-dealkylation sites (tertiary alicyclic amines) is 1. The molecule has 0 bridgehead atoms. The van der Waals surface area contributed by atoms with Crippen LogP contribution < -0.4 is 4.74 Å². The molecular formula is C24H29N5O2. The monoisotopic (exact) mass is 419 g/mol. The zero-order chi connectivity index (χ0) is 21.0. The molecule has 5 rings (SSSR count). The molecule has 1 amide bonds. The van der Waals surface area contributed by atoms with Crippen molar-refractivity contribution < 1.29 is 9.53 Å². The van der Waals surface area contributed by atoms with Gasteiger partial charge in [-0.1, -0.05) is 31.0 Å². The molecule has 162 valence electrons. The fraction of sp³-hybridized carbons (Fsp3) is 0.500. The van der Waals surface area contributed by atoms with Crippen LogP contribution in [0.3, 0.4) is 0 Å². The van der Waals surface area contributed by atoms with Crippen molar-refractivity contribution >= 4 is 17.1 Å². The lowest BCUT2D eigenvalue weighted by molar-refractivity contribution is -0.136. The number of piperidine rings is 1. The van der Waals surface area contributed by atoms with Crippen molar-refractivity contribution in [2.75, 3.05) is 19.7 Å². The minimum atomic E-state index is 0.203. The maximum Gasteiger partial charge on any atom is 0.225 e. The van der Waals surface area contributed by atoms with E-state index in [0.717, 1.165) is 61.4 Å². The number of fused-ring (bicyclic) bond motifs is 1. The first-order chi connectivity index (χ1) is 15.3. The normalized spacial score (nSPS) is 19.7. The van der Waals surface area contributed by atoms with Crippen LogP contribution in [0.1, 0.15) is 50.1 Å². The van der Waals surface area contributed by atoms with Crippen molar-refractivity contribution in [1.82, 2.24) is 24.6 Å². The molecule has 2 aromatic heterocycles. The molecule has 1 aliphatic heterocycles. The van der Waals surface area contributed by atoms with Crippen molar-refractivity contribution in [2.45, 2.75) is 51.0 Å². The fourth-order valence-corrected chi connectivity index (χ4v) is 4.95. The zero-order valence-corrected chi connectivity index (χ0v) is 17.8. The van der Waals surface area contributed by atoms with Gasteiger partial charge in [0.15, 0.2) is 5.65 Å². The van der Waals surface area contributed by atoms with E-state index in [9.17, 15) is 4.79 Å². The number of aromatic nitrogens is 4. The highest BCUT2D eigenvalue weighted by atomic mass is 16.5. The fourth-order valence-electron chi connectivity index (χ4n) is 4.95. The van der Waals surface area contributed by atoms with E-state index in [0.29, 0.717) is 19.1 Å². The number of para-hydroxylation sites is 1. The number of carbonyl (C=O) groups is 1. The lowest BCUT2D eigenvalue weighted by Gasteiger charge is -2.33. The molecule has 1 atom stereocenters. The molecule has 1 saturated heterocycles. The first-order valence-corrected chi connectivity index (χ1v) is 11.4. The number of nitrogens with zero attached hydrogens (tertiary/aromatic N) is 5. The second-order valence-electron chi connectivity index (χ2n) is 8.60. The molecule has 7 heteroatoms. The summed E-state index contributed by atoms with van der Waals surface area (Å²) in [5.74, 6) is 1.62. The van der Waals surface area contributed by atoms with Crippen LogP contribution in [-0.4, -0.2) is 50.3 Å². The van der Waals surface area contributed by atoms with E-state index in [-0.39, 0.29) is 11.8 Å². The summed E-state index contributed by atoms with van der Waals surface area (Å²) < 4.78 is 7.76. The van der Waals surface area contributed by atoms with Crippen LogP contribution in [0.5, 0.6) is 5.75 Å². The van der Waals surface area contributed by atoms with E-state index in [1.165, 1.54) is 12.8 Å². The van der Waals surface area contributed by atoms with Crippen molar-refractivity contribution in [2.24, 2.45) is 5.92 Å². The third-order valence-corrected chi connectivity index (χ3v) is 6.53. The summed E-state index contributed by atoms with van der Waals surface area (Å²) >= 11 is 0. The van der Waals surface area contributed by atoms with Gasteiger partial charge in [-0.3, -0.25) is 4.79 Å². The van der Waals surface area contributed by atoms with E-state index in [2.05, 4.69) is 14.9 Å². The van der Waals surface area contributed by atoms with Crippen LogP contribution in [0, 0.1) is 5.92 Å². The molecule has 1 saturated carbocycles. The number of carbonyl (C=O) groups excluding carboxylic acids is 1. The van der Waals surface area contributed by atoms with Gasteiger partial charge in [-0.25, -0.2) is 14.6 Å². The van der Waals surface area contributed by atoms with Gasteiger partial charge >= 0.3 is 0 Å². The molecule has 0 radical (unpaired) electrons. The number of ether oxygens (including phenoxy) is 1. The maximum atomic E-state index is 13.0. The van der Waals surface area contributed by atoms with Crippen LogP contribution in [0.25, 0.3) is 11.2 Å². The molecule has 2 fully saturated rings. The minimum Gasteiger partial charge on any atom is -0.492 e. The quantitative estimate of drug-likeness (QED) is 0.608. The lowest BCUT2D eigenvalue weighted by Crippen LogP contribution is -2.42. The predicted octanol–water partition coefficient (Wildman–Crippen LogP) is 3.80. The Bertz CT molecular complexity index is 1030. The summed E-state index contributed by atoms with van der Waals surface area (Å²) in [6.45, 7) is 2.70. The molecular weight excluding hydrogens is 390 g/mol. The Morgan fingerprint density at radius 2 is 1.84 bits per heavy atom. The molecule has 3 heterocycles. The van der Waals surface area contributed by atoms with Gasteiger partial charge in [0.25, 0.3) is 0 Å². The number of hydrogen-bond donors (Lipinski definition) is 0. The van der Waals surface area contributed by atoms with Gasteiger partial charge in [0.1, 0.15) is 17.9 Å². The maximum absolute atomic E-state index is 13.0. The Hall–Kier alpha value is -2.96. The number of hydrogen-bond acceptors (Lipinski definition) is 5. The summed E-state index contributed by atoms with van der Waals surface area (Å²) in [4.78, 5) is 24.2. The van der Waals surface area contributed by atoms with Crippen LogP contribution in [0.15, 0.2) is 42.7 Å². The number of benzene rings is 1. The van der Waals surface area contributed by atoms with Gasteiger partial charge < -0.3 is 9.64 Å². The van der Waals surface area contributed by atoms with Gasteiger partial charge in [-0.2, -0.15) is 5.10 Å². The number of rotatable bonds is 6. The predicted molar refractivity (Wildman–Crippen MR) is 118 cm³/mol. The van der Waals surface area contributed by atoms with Gasteiger partial charge in [-0.15, -0.1) is 0 Å². The Morgan fingerprint density at radius 1 is 1.03 bits per heavy atom. The summed E-state index contributed by atoms with van der Waals surface area (Å²) in [6.07, 6.45) is 9.93. The average molecular weight is 420 g/mol. The third kappa shape index (κ3) is 4.27. The van der Waals surface area contributed by atoms with E-state index in [1.807, 2.05) is 35.0 Å². The smallest absolute Gasteiger partial charge is 0.225 e. The molecule has 0 N–H and O–H groups in total. The summed E-state index contributed by atoms with van der Waals surface area (Å²) in [7, 11) is 0. The van der Waals surface area contributed by atoms with Gasteiger partial charge in [0.05, 0.1) is 12.2 Å². The van der Waals surface area contributed by atoms with Crippen molar-refractivity contribution in [3.63, 3.8) is 0 Å². The standard InChI is InChI=1S/C24H29N5O2/c30-24(18-7-4-5-8-18)28-14-6-9-19(17-28)21-22-23(26-13-12-25-22)29(27-21)15-16-31-20-10-2-1-3-11-20/h1-3,10-13,18-19H,4-9,14-17H2/t19-/m0/s1. The van der Waals surface area contributed by atoms with Gasteiger partial charge in [-0.05, 0) is 37.8 Å². The van der Waals surface area contributed by atoms with Crippen molar-refractivity contribution in [3.8, 4) is 5.75 Å². The first kappa shape index (κ1) is 20.0. The topological polar surface area (TPSA) is 73.1 Å². The van der Waals surface area contributed by atoms with Crippen LogP contribution in [0.2, 0.25) is 0 Å². The SMILES string of the molecule is O=C(C1CCCC1)N1CCC[C@H](c2nn(CCOc3ccccc3)c3nccnc23)C1. The molecule has 31 heavy (non-hydrogen) atoms. The van der Waals surface area contributed by atoms with E-state index in [1.54, 1.807) is 12.4 Å². The Labute approximate surface area is 182 Å². The van der Waals surface area contributed by atoms with Gasteiger partial charge in [0, 0.05) is 37.3 Å². The van der Waals surface area contributed by atoms with Crippen molar-refractivity contribution in [3.05, 3.63) is 48.4 Å². The van der Waals surface area contributed by atoms with Gasteiger partial charge in [0.2, 0.25) is 5.91 Å². The second kappa shape index (κ2) is 9.04. The van der Waals surface area contributed by atoms with E-state index < -0.39 is 0 Å².